The number of carbonyl (C=O) groups excluding carboxylic acids is 1. The quantitative estimate of drug-likeness (QED) is 0.679. The minimum Gasteiger partial charge on any atom is -0.350 e. The summed E-state index contributed by atoms with van der Waals surface area (Å²) >= 11 is 0. The van der Waals surface area contributed by atoms with E-state index in [1.807, 2.05) is 0 Å². The van der Waals surface area contributed by atoms with Crippen molar-refractivity contribution < 1.29 is 17.6 Å². The van der Waals surface area contributed by atoms with Crippen molar-refractivity contribution in [1.82, 2.24) is 25.5 Å². The van der Waals surface area contributed by atoms with E-state index in [-0.39, 0.29) is 35.5 Å². The summed E-state index contributed by atoms with van der Waals surface area (Å²) in [5.74, 6) is -0.383. The number of carbonyl (C=O) groups is 1. The number of hydrogen-bond acceptors (Lipinski definition) is 6. The molecule has 0 unspecified atom stereocenters. The van der Waals surface area contributed by atoms with Gasteiger partial charge in [-0.15, -0.1) is 10.2 Å². The Hall–Kier alpha value is -3.14. The summed E-state index contributed by atoms with van der Waals surface area (Å²) in [5, 5.41) is 14.5. The Morgan fingerprint density at radius 1 is 1.11 bits per heavy atom. The first-order chi connectivity index (χ1) is 12.8. The summed E-state index contributed by atoms with van der Waals surface area (Å²) in [6, 6.07) is 11.9. The molecule has 0 bridgehead atoms. The number of aromatic nitrogens is 4. The monoisotopic (exact) mass is 389 g/mol. The fourth-order valence-corrected chi connectivity index (χ4v) is 2.89. The lowest BCUT2D eigenvalue weighted by Crippen LogP contribution is -2.28. The minimum atomic E-state index is -3.28. The van der Waals surface area contributed by atoms with Gasteiger partial charge in [0.1, 0.15) is 12.4 Å². The lowest BCUT2D eigenvalue weighted by molar-refractivity contribution is -0.122. The zero-order chi connectivity index (χ0) is 19.4. The zero-order valence-electron chi connectivity index (χ0n) is 14.3. The van der Waals surface area contributed by atoms with Crippen LogP contribution in [0, 0.1) is 5.82 Å². The van der Waals surface area contributed by atoms with Crippen molar-refractivity contribution in [3.8, 4) is 11.4 Å². The number of amides is 1. The molecule has 0 saturated carbocycles. The number of sulfone groups is 1. The van der Waals surface area contributed by atoms with Gasteiger partial charge in [-0.3, -0.25) is 4.79 Å². The molecule has 27 heavy (non-hydrogen) atoms. The fourth-order valence-electron chi connectivity index (χ4n) is 2.26. The fraction of sp³-hybridized carbons (Fsp3) is 0.176. The van der Waals surface area contributed by atoms with E-state index in [2.05, 4.69) is 20.7 Å². The molecular formula is C17H16FN5O3S. The highest BCUT2D eigenvalue weighted by molar-refractivity contribution is 7.90. The summed E-state index contributed by atoms with van der Waals surface area (Å²) in [5.41, 5.74) is 1.35. The van der Waals surface area contributed by atoms with E-state index in [0.717, 1.165) is 16.6 Å². The Kier molecular flexibility index (Phi) is 5.26. The summed E-state index contributed by atoms with van der Waals surface area (Å²) in [6.45, 7) is 0.128. The van der Waals surface area contributed by atoms with Crippen LogP contribution in [0.25, 0.3) is 11.4 Å². The van der Waals surface area contributed by atoms with Crippen LogP contribution in [0.4, 0.5) is 4.39 Å². The number of nitrogens with zero attached hydrogens (tertiary/aromatic N) is 4. The number of halogens is 1. The van der Waals surface area contributed by atoms with Gasteiger partial charge in [0.15, 0.2) is 9.84 Å². The van der Waals surface area contributed by atoms with Crippen molar-refractivity contribution in [2.75, 3.05) is 6.26 Å². The molecule has 1 heterocycles. The third-order valence-electron chi connectivity index (χ3n) is 3.68. The highest BCUT2D eigenvalue weighted by Crippen LogP contribution is 2.17. The lowest BCUT2D eigenvalue weighted by Gasteiger charge is -2.04. The number of hydrogen-bond donors (Lipinski definition) is 1. The van der Waals surface area contributed by atoms with Crippen molar-refractivity contribution in [2.24, 2.45) is 0 Å². The van der Waals surface area contributed by atoms with Crippen molar-refractivity contribution in [3.05, 3.63) is 59.9 Å². The van der Waals surface area contributed by atoms with Crippen LogP contribution in [0.2, 0.25) is 0 Å². The maximum absolute atomic E-state index is 12.9. The molecule has 1 N–H and O–H groups in total. The third-order valence-corrected chi connectivity index (χ3v) is 4.81. The Balaban J connectivity index is 1.60. The predicted octanol–water partition coefficient (Wildman–Crippen LogP) is 1.20. The highest BCUT2D eigenvalue weighted by atomic mass is 32.2. The molecular weight excluding hydrogens is 373 g/mol. The zero-order valence-corrected chi connectivity index (χ0v) is 15.1. The Bertz CT molecular complexity index is 1050. The number of nitrogens with one attached hydrogen (secondary N) is 1. The van der Waals surface area contributed by atoms with Crippen molar-refractivity contribution >= 4 is 15.7 Å². The second-order valence-electron chi connectivity index (χ2n) is 5.84. The SMILES string of the molecule is CS(=O)(=O)c1ccc(-c2nnn(CC(=O)NCc3ccc(F)cc3)n2)cc1. The summed E-state index contributed by atoms with van der Waals surface area (Å²) in [6.07, 6.45) is 1.13. The Labute approximate surface area is 154 Å². The standard InChI is InChI=1S/C17H16FN5O3S/c1-27(25,26)15-8-4-13(5-9-15)17-20-22-23(21-17)11-16(24)19-10-12-2-6-14(18)7-3-12/h2-9H,10-11H2,1H3,(H,19,24). The Morgan fingerprint density at radius 3 is 2.41 bits per heavy atom. The van der Waals surface area contributed by atoms with E-state index in [4.69, 9.17) is 0 Å². The maximum atomic E-state index is 12.9. The average molecular weight is 389 g/mol. The molecule has 0 fully saturated rings. The molecule has 2 aromatic carbocycles. The van der Waals surface area contributed by atoms with Crippen LogP contribution in [0.3, 0.4) is 0 Å². The lowest BCUT2D eigenvalue weighted by atomic mass is 10.2. The van der Waals surface area contributed by atoms with Gasteiger partial charge in [0, 0.05) is 18.4 Å². The molecule has 10 heteroatoms. The molecule has 3 aromatic rings. The summed E-state index contributed by atoms with van der Waals surface area (Å²) in [7, 11) is -3.28. The average Bonchev–Trinajstić information content (AvgIpc) is 3.09. The van der Waals surface area contributed by atoms with Crippen LogP contribution in [-0.2, 0) is 27.7 Å². The van der Waals surface area contributed by atoms with E-state index >= 15 is 0 Å². The normalized spacial score (nSPS) is 11.3. The first-order valence-electron chi connectivity index (χ1n) is 7.91. The molecule has 0 aliphatic heterocycles. The molecule has 0 saturated heterocycles. The van der Waals surface area contributed by atoms with Gasteiger partial charge in [0.05, 0.1) is 4.90 Å². The minimum absolute atomic E-state index is 0.129. The van der Waals surface area contributed by atoms with Crippen LogP contribution < -0.4 is 5.32 Å². The molecule has 140 valence electrons. The molecule has 0 aliphatic carbocycles. The predicted molar refractivity (Wildman–Crippen MR) is 94.6 cm³/mol. The van der Waals surface area contributed by atoms with Gasteiger partial charge in [-0.05, 0) is 47.2 Å². The first kappa shape index (κ1) is 18.6. The van der Waals surface area contributed by atoms with Gasteiger partial charge < -0.3 is 5.32 Å². The molecule has 1 aromatic heterocycles. The second-order valence-corrected chi connectivity index (χ2v) is 7.86. The van der Waals surface area contributed by atoms with Crippen molar-refractivity contribution in [1.29, 1.82) is 0 Å². The molecule has 8 nitrogen and oxygen atoms in total. The molecule has 0 spiro atoms. The number of benzene rings is 2. The van der Waals surface area contributed by atoms with Crippen molar-refractivity contribution in [3.63, 3.8) is 0 Å². The van der Waals surface area contributed by atoms with Crippen LogP contribution in [0.5, 0.6) is 0 Å². The van der Waals surface area contributed by atoms with Gasteiger partial charge >= 0.3 is 0 Å². The molecule has 3 rings (SSSR count). The topological polar surface area (TPSA) is 107 Å². The van der Waals surface area contributed by atoms with Gasteiger partial charge in [0.25, 0.3) is 0 Å². The van der Waals surface area contributed by atoms with Crippen molar-refractivity contribution in [2.45, 2.75) is 18.0 Å². The van der Waals surface area contributed by atoms with Crippen LogP contribution in [0.15, 0.2) is 53.4 Å². The van der Waals surface area contributed by atoms with E-state index in [9.17, 15) is 17.6 Å². The second kappa shape index (κ2) is 7.62. The van der Waals surface area contributed by atoms with E-state index in [0.29, 0.717) is 5.56 Å². The maximum Gasteiger partial charge on any atom is 0.243 e. The first-order valence-corrected chi connectivity index (χ1v) is 9.80. The van der Waals surface area contributed by atoms with Crippen LogP contribution in [0.1, 0.15) is 5.56 Å². The van der Waals surface area contributed by atoms with Crippen LogP contribution in [-0.4, -0.2) is 40.8 Å². The summed E-state index contributed by atoms with van der Waals surface area (Å²) < 4.78 is 35.8. The van der Waals surface area contributed by atoms with Gasteiger partial charge in [-0.25, -0.2) is 12.8 Å². The molecule has 0 radical (unpaired) electrons. The van der Waals surface area contributed by atoms with Gasteiger partial charge in [-0.1, -0.05) is 12.1 Å². The molecule has 0 aliphatic rings. The van der Waals surface area contributed by atoms with Crippen LogP contribution >= 0.6 is 0 Å². The Morgan fingerprint density at radius 2 is 1.78 bits per heavy atom. The van der Waals surface area contributed by atoms with E-state index in [1.54, 1.807) is 24.3 Å². The van der Waals surface area contributed by atoms with Gasteiger partial charge in [-0.2, -0.15) is 4.80 Å². The van der Waals surface area contributed by atoms with E-state index < -0.39 is 9.84 Å². The molecule has 0 atom stereocenters. The summed E-state index contributed by atoms with van der Waals surface area (Å²) in [4.78, 5) is 13.3. The third kappa shape index (κ3) is 4.94. The van der Waals surface area contributed by atoms with E-state index in [1.165, 1.54) is 24.3 Å². The van der Waals surface area contributed by atoms with Gasteiger partial charge in [0.2, 0.25) is 11.7 Å². The number of rotatable bonds is 6. The number of tetrazole rings is 1. The highest BCUT2D eigenvalue weighted by Gasteiger charge is 2.11. The molecule has 1 amide bonds. The largest absolute Gasteiger partial charge is 0.350 e. The smallest absolute Gasteiger partial charge is 0.243 e.